The summed E-state index contributed by atoms with van der Waals surface area (Å²) in [5.41, 5.74) is 1.24. The first kappa shape index (κ1) is 12.8. The molecule has 0 aromatic heterocycles. The molecule has 88 valence electrons. The lowest BCUT2D eigenvalue weighted by molar-refractivity contribution is -0.141. The highest BCUT2D eigenvalue weighted by molar-refractivity contribution is 5.70. The van der Waals surface area contributed by atoms with Gasteiger partial charge in [0.1, 0.15) is 0 Å². The maximum absolute atomic E-state index is 11.3. The molecule has 16 heavy (non-hydrogen) atoms. The molecule has 0 radical (unpaired) electrons. The van der Waals surface area contributed by atoms with Gasteiger partial charge in [-0.2, -0.15) is 0 Å². The van der Waals surface area contributed by atoms with Gasteiger partial charge in [-0.3, -0.25) is 4.79 Å². The van der Waals surface area contributed by atoms with Crippen LogP contribution in [0.2, 0.25) is 0 Å². The third kappa shape index (κ3) is 4.05. The number of ether oxygens (including phenoxy) is 1. The maximum atomic E-state index is 11.3. The smallest absolute Gasteiger partial charge is 0.306 e. The summed E-state index contributed by atoms with van der Waals surface area (Å²) in [5, 5.41) is 0. The number of carbonyl (C=O) groups is 1. The van der Waals surface area contributed by atoms with Crippen LogP contribution in [0.15, 0.2) is 30.3 Å². The molecule has 0 heterocycles. The maximum Gasteiger partial charge on any atom is 0.306 e. The average Bonchev–Trinajstić information content (AvgIpc) is 2.35. The second kappa shape index (κ2) is 7.04. The van der Waals surface area contributed by atoms with E-state index in [9.17, 15) is 4.79 Å². The van der Waals surface area contributed by atoms with Crippen LogP contribution in [0.25, 0.3) is 0 Å². The SMILES string of the molecule is CCCCC(CC(=O)OC)c1ccccc1. The fraction of sp³-hybridized carbons (Fsp3) is 0.500. The summed E-state index contributed by atoms with van der Waals surface area (Å²) in [6, 6.07) is 10.2. The minimum Gasteiger partial charge on any atom is -0.469 e. The molecule has 0 fully saturated rings. The summed E-state index contributed by atoms with van der Waals surface area (Å²) in [6.45, 7) is 2.17. The molecule has 2 heteroatoms. The summed E-state index contributed by atoms with van der Waals surface area (Å²) in [7, 11) is 1.45. The highest BCUT2D eigenvalue weighted by Crippen LogP contribution is 2.25. The molecule has 1 aromatic carbocycles. The number of hydrogen-bond donors (Lipinski definition) is 0. The number of unbranched alkanes of at least 4 members (excludes halogenated alkanes) is 1. The van der Waals surface area contributed by atoms with Crippen LogP contribution in [0.4, 0.5) is 0 Å². The van der Waals surface area contributed by atoms with Gasteiger partial charge in [0.05, 0.1) is 13.5 Å². The highest BCUT2D eigenvalue weighted by atomic mass is 16.5. The first-order valence-corrected chi connectivity index (χ1v) is 5.89. The molecule has 1 rings (SSSR count). The monoisotopic (exact) mass is 220 g/mol. The molecule has 0 bridgehead atoms. The Morgan fingerprint density at radius 2 is 2.00 bits per heavy atom. The van der Waals surface area contributed by atoms with Crippen LogP contribution < -0.4 is 0 Å². The molecular formula is C14H20O2. The topological polar surface area (TPSA) is 26.3 Å². The summed E-state index contributed by atoms with van der Waals surface area (Å²) in [4.78, 5) is 11.3. The lowest BCUT2D eigenvalue weighted by Gasteiger charge is -2.15. The second-order valence-electron chi connectivity index (χ2n) is 4.03. The van der Waals surface area contributed by atoms with E-state index in [0.717, 1.165) is 19.3 Å². The van der Waals surface area contributed by atoms with E-state index in [1.165, 1.54) is 12.7 Å². The Morgan fingerprint density at radius 1 is 1.31 bits per heavy atom. The zero-order valence-corrected chi connectivity index (χ0v) is 10.1. The van der Waals surface area contributed by atoms with Crippen LogP contribution in [0.1, 0.15) is 44.1 Å². The Kier molecular flexibility index (Phi) is 5.62. The fourth-order valence-corrected chi connectivity index (χ4v) is 1.85. The van der Waals surface area contributed by atoms with E-state index in [2.05, 4.69) is 19.1 Å². The van der Waals surface area contributed by atoms with E-state index < -0.39 is 0 Å². The molecule has 0 N–H and O–H groups in total. The van der Waals surface area contributed by atoms with Gasteiger partial charge in [-0.05, 0) is 17.9 Å². The number of benzene rings is 1. The standard InChI is InChI=1S/C14H20O2/c1-3-4-8-13(11-14(15)16-2)12-9-6-5-7-10-12/h5-7,9-10,13H,3-4,8,11H2,1-2H3. The first-order valence-electron chi connectivity index (χ1n) is 5.89. The highest BCUT2D eigenvalue weighted by Gasteiger charge is 2.15. The van der Waals surface area contributed by atoms with Crippen LogP contribution in [0.5, 0.6) is 0 Å². The van der Waals surface area contributed by atoms with Crippen molar-refractivity contribution in [3.63, 3.8) is 0 Å². The average molecular weight is 220 g/mol. The number of carbonyl (C=O) groups excluding carboxylic acids is 1. The normalized spacial score (nSPS) is 12.1. The van der Waals surface area contributed by atoms with Gasteiger partial charge in [-0.1, -0.05) is 50.1 Å². The second-order valence-corrected chi connectivity index (χ2v) is 4.03. The van der Waals surface area contributed by atoms with E-state index in [-0.39, 0.29) is 5.97 Å². The molecular weight excluding hydrogens is 200 g/mol. The van der Waals surface area contributed by atoms with Gasteiger partial charge in [-0.15, -0.1) is 0 Å². The van der Waals surface area contributed by atoms with Gasteiger partial charge in [0, 0.05) is 0 Å². The minimum absolute atomic E-state index is 0.120. The van der Waals surface area contributed by atoms with Crippen molar-refractivity contribution in [3.05, 3.63) is 35.9 Å². The van der Waals surface area contributed by atoms with Gasteiger partial charge >= 0.3 is 5.97 Å². The van der Waals surface area contributed by atoms with Crippen LogP contribution in [0.3, 0.4) is 0 Å². The minimum atomic E-state index is -0.120. The van der Waals surface area contributed by atoms with Crippen LogP contribution in [-0.2, 0) is 9.53 Å². The van der Waals surface area contributed by atoms with Crippen molar-refractivity contribution < 1.29 is 9.53 Å². The lowest BCUT2D eigenvalue weighted by Crippen LogP contribution is -2.08. The van der Waals surface area contributed by atoms with E-state index in [1.54, 1.807) is 0 Å². The van der Waals surface area contributed by atoms with Gasteiger partial charge in [0.25, 0.3) is 0 Å². The van der Waals surface area contributed by atoms with E-state index in [4.69, 9.17) is 4.74 Å². The van der Waals surface area contributed by atoms with Gasteiger partial charge in [-0.25, -0.2) is 0 Å². The molecule has 0 saturated carbocycles. The van der Waals surface area contributed by atoms with Crippen molar-refractivity contribution in [1.82, 2.24) is 0 Å². The largest absolute Gasteiger partial charge is 0.469 e. The molecule has 0 aliphatic rings. The van der Waals surface area contributed by atoms with Crippen molar-refractivity contribution in [1.29, 1.82) is 0 Å². The van der Waals surface area contributed by atoms with Crippen LogP contribution in [-0.4, -0.2) is 13.1 Å². The Bertz CT molecular complexity index is 306. The fourth-order valence-electron chi connectivity index (χ4n) is 1.85. The number of esters is 1. The van der Waals surface area contributed by atoms with Crippen molar-refractivity contribution >= 4 is 5.97 Å². The van der Waals surface area contributed by atoms with Crippen LogP contribution in [0, 0.1) is 0 Å². The molecule has 1 unspecified atom stereocenters. The van der Waals surface area contributed by atoms with Gasteiger partial charge < -0.3 is 4.74 Å². The Labute approximate surface area is 97.6 Å². The first-order chi connectivity index (χ1) is 7.77. The Hall–Kier alpha value is -1.31. The number of hydrogen-bond acceptors (Lipinski definition) is 2. The van der Waals surface area contributed by atoms with E-state index in [1.807, 2.05) is 18.2 Å². The predicted molar refractivity (Wildman–Crippen MR) is 65.3 cm³/mol. The van der Waals surface area contributed by atoms with Crippen molar-refractivity contribution in [2.75, 3.05) is 7.11 Å². The molecule has 0 spiro atoms. The third-order valence-corrected chi connectivity index (χ3v) is 2.82. The molecule has 0 amide bonds. The summed E-state index contributed by atoms with van der Waals surface area (Å²) < 4.78 is 4.74. The molecule has 1 atom stereocenters. The van der Waals surface area contributed by atoms with E-state index >= 15 is 0 Å². The van der Waals surface area contributed by atoms with Crippen molar-refractivity contribution in [3.8, 4) is 0 Å². The number of rotatable bonds is 6. The summed E-state index contributed by atoms with van der Waals surface area (Å²) in [6.07, 6.45) is 3.84. The van der Waals surface area contributed by atoms with Gasteiger partial charge in [0.2, 0.25) is 0 Å². The molecule has 1 aromatic rings. The molecule has 0 aliphatic heterocycles. The predicted octanol–water partition coefficient (Wildman–Crippen LogP) is 3.52. The van der Waals surface area contributed by atoms with Crippen molar-refractivity contribution in [2.45, 2.75) is 38.5 Å². The zero-order valence-electron chi connectivity index (χ0n) is 10.1. The zero-order chi connectivity index (χ0) is 11.8. The molecule has 0 saturated heterocycles. The van der Waals surface area contributed by atoms with Crippen LogP contribution >= 0.6 is 0 Å². The summed E-state index contributed by atoms with van der Waals surface area (Å²) in [5.74, 6) is 0.179. The van der Waals surface area contributed by atoms with Gasteiger partial charge in [0.15, 0.2) is 0 Å². The number of methoxy groups -OCH3 is 1. The third-order valence-electron chi connectivity index (χ3n) is 2.82. The Balaban J connectivity index is 2.67. The molecule has 0 aliphatic carbocycles. The molecule has 2 nitrogen and oxygen atoms in total. The van der Waals surface area contributed by atoms with E-state index in [0.29, 0.717) is 12.3 Å². The summed E-state index contributed by atoms with van der Waals surface area (Å²) >= 11 is 0. The quantitative estimate of drug-likeness (QED) is 0.686. The van der Waals surface area contributed by atoms with Crippen molar-refractivity contribution in [2.24, 2.45) is 0 Å². The Morgan fingerprint density at radius 3 is 2.56 bits per heavy atom. The lowest BCUT2D eigenvalue weighted by atomic mass is 9.91.